The number of allylic oxidation sites excluding steroid dienone is 12. The van der Waals surface area contributed by atoms with Gasteiger partial charge in [-0.25, -0.2) is 0 Å². The van der Waals surface area contributed by atoms with Gasteiger partial charge in [0.1, 0.15) is 0 Å². The topological polar surface area (TPSA) is 37.3 Å². The fourth-order valence-corrected chi connectivity index (χ4v) is 1.92. The maximum absolute atomic E-state index is 10.6. The fraction of sp³-hybridized carbons (Fsp3) is 0.435. The molecule has 1 atom stereocenters. The molecule has 0 aliphatic carbocycles. The van der Waals surface area contributed by atoms with Crippen LogP contribution in [0.5, 0.6) is 0 Å². The summed E-state index contributed by atoms with van der Waals surface area (Å²) < 4.78 is 0. The first-order valence-electron chi connectivity index (χ1n) is 9.31. The highest BCUT2D eigenvalue weighted by Crippen LogP contribution is 2.03. The molecule has 2 nitrogen and oxygen atoms in total. The number of carbonyl (C=O) groups is 1. The summed E-state index contributed by atoms with van der Waals surface area (Å²) >= 11 is 0. The van der Waals surface area contributed by atoms with E-state index in [-0.39, 0.29) is 5.92 Å². The lowest BCUT2D eigenvalue weighted by molar-refractivity contribution is -0.140. The number of hydrogen-bond donors (Lipinski definition) is 1. The van der Waals surface area contributed by atoms with Gasteiger partial charge >= 0.3 is 5.97 Å². The van der Waals surface area contributed by atoms with Gasteiger partial charge in [-0.2, -0.15) is 0 Å². The second kappa shape index (κ2) is 18.3. The van der Waals surface area contributed by atoms with Crippen LogP contribution >= 0.6 is 0 Å². The second-order valence-electron chi connectivity index (χ2n) is 5.89. The molecule has 0 heterocycles. The van der Waals surface area contributed by atoms with E-state index in [4.69, 9.17) is 5.11 Å². The molecule has 0 aromatic carbocycles. The molecule has 0 saturated carbocycles. The first-order valence-corrected chi connectivity index (χ1v) is 9.31. The maximum Gasteiger partial charge on any atom is 0.306 e. The van der Waals surface area contributed by atoms with Crippen LogP contribution in [-0.4, -0.2) is 11.1 Å². The van der Waals surface area contributed by atoms with Gasteiger partial charge in [0.25, 0.3) is 0 Å². The van der Waals surface area contributed by atoms with Crippen molar-refractivity contribution in [3.8, 4) is 0 Å². The molecule has 25 heavy (non-hydrogen) atoms. The standard InChI is InChI=1S/C23H34O2/c1-3-4-5-6-7-8-9-10-11-12-13-14-15-16-17-18-19-20-21-22(2)23(24)25/h4-5,7-8,10-11,13-14,16-17,19-20,22H,3,6,9,12,15,18,21H2,1-2H3,(H,24,25). The van der Waals surface area contributed by atoms with E-state index in [1.54, 1.807) is 6.92 Å². The monoisotopic (exact) mass is 342 g/mol. The van der Waals surface area contributed by atoms with E-state index in [2.05, 4.69) is 67.7 Å². The average Bonchev–Trinajstić information content (AvgIpc) is 2.60. The van der Waals surface area contributed by atoms with Gasteiger partial charge in [-0.15, -0.1) is 0 Å². The van der Waals surface area contributed by atoms with Gasteiger partial charge in [0.15, 0.2) is 0 Å². The molecule has 0 aromatic rings. The molecule has 0 amide bonds. The van der Waals surface area contributed by atoms with Gasteiger partial charge in [0.2, 0.25) is 0 Å². The van der Waals surface area contributed by atoms with E-state index < -0.39 is 5.97 Å². The second-order valence-corrected chi connectivity index (χ2v) is 5.89. The van der Waals surface area contributed by atoms with Crippen LogP contribution in [0, 0.1) is 5.92 Å². The summed E-state index contributed by atoms with van der Waals surface area (Å²) in [6.45, 7) is 3.87. The van der Waals surface area contributed by atoms with Crippen LogP contribution < -0.4 is 0 Å². The smallest absolute Gasteiger partial charge is 0.306 e. The van der Waals surface area contributed by atoms with Crippen LogP contribution in [0.4, 0.5) is 0 Å². The summed E-state index contributed by atoms with van der Waals surface area (Å²) in [5.41, 5.74) is 0. The summed E-state index contributed by atoms with van der Waals surface area (Å²) in [7, 11) is 0. The molecule has 0 radical (unpaired) electrons. The minimum atomic E-state index is -0.737. The van der Waals surface area contributed by atoms with Gasteiger partial charge in [-0.05, 0) is 44.9 Å². The van der Waals surface area contributed by atoms with E-state index in [0.717, 1.165) is 38.5 Å². The molecule has 0 saturated heterocycles. The van der Waals surface area contributed by atoms with Crippen LogP contribution in [-0.2, 0) is 4.79 Å². The van der Waals surface area contributed by atoms with Crippen LogP contribution in [0.2, 0.25) is 0 Å². The van der Waals surface area contributed by atoms with Gasteiger partial charge < -0.3 is 5.11 Å². The predicted molar refractivity (Wildman–Crippen MR) is 110 cm³/mol. The van der Waals surface area contributed by atoms with Crippen molar-refractivity contribution in [3.63, 3.8) is 0 Å². The van der Waals surface area contributed by atoms with E-state index >= 15 is 0 Å². The first-order chi connectivity index (χ1) is 12.2. The highest BCUT2D eigenvalue weighted by molar-refractivity contribution is 5.69. The van der Waals surface area contributed by atoms with Crippen molar-refractivity contribution in [1.82, 2.24) is 0 Å². The molecule has 2 heteroatoms. The predicted octanol–water partition coefficient (Wildman–Crippen LogP) is 6.79. The molecule has 1 unspecified atom stereocenters. The highest BCUT2D eigenvalue weighted by atomic mass is 16.4. The number of rotatable bonds is 14. The zero-order valence-electron chi connectivity index (χ0n) is 15.8. The Morgan fingerprint density at radius 2 is 1.00 bits per heavy atom. The molecule has 0 aliphatic rings. The summed E-state index contributed by atoms with van der Waals surface area (Å²) in [4.78, 5) is 10.6. The Labute approximate surface area is 154 Å². The Balaban J connectivity index is 3.59. The van der Waals surface area contributed by atoms with Gasteiger partial charge in [0.05, 0.1) is 5.92 Å². The van der Waals surface area contributed by atoms with E-state index in [9.17, 15) is 4.79 Å². The number of carboxylic acid groups (broad SMARTS) is 1. The van der Waals surface area contributed by atoms with E-state index in [1.807, 2.05) is 12.2 Å². The lowest BCUT2D eigenvalue weighted by atomic mass is 10.1. The molecular formula is C23H34O2. The fourth-order valence-electron chi connectivity index (χ4n) is 1.92. The Morgan fingerprint density at radius 1 is 0.680 bits per heavy atom. The Hall–Kier alpha value is -2.09. The van der Waals surface area contributed by atoms with Crippen LogP contribution in [0.1, 0.15) is 58.8 Å². The molecule has 0 rings (SSSR count). The molecule has 138 valence electrons. The summed E-state index contributed by atoms with van der Waals surface area (Å²) in [6, 6.07) is 0. The first kappa shape index (κ1) is 22.9. The third-order valence-electron chi connectivity index (χ3n) is 3.51. The van der Waals surface area contributed by atoms with Crippen molar-refractivity contribution in [2.75, 3.05) is 0 Å². The van der Waals surface area contributed by atoms with Crippen LogP contribution in [0.25, 0.3) is 0 Å². The van der Waals surface area contributed by atoms with Crippen molar-refractivity contribution >= 4 is 5.97 Å². The summed E-state index contributed by atoms with van der Waals surface area (Å²) in [5, 5.41) is 8.76. The van der Waals surface area contributed by atoms with E-state index in [0.29, 0.717) is 6.42 Å². The Bertz CT molecular complexity index is 490. The number of hydrogen-bond acceptors (Lipinski definition) is 1. The molecule has 1 N–H and O–H groups in total. The molecule has 0 spiro atoms. The summed E-state index contributed by atoms with van der Waals surface area (Å²) in [6.07, 6.45) is 32.3. The number of carboxylic acids is 1. The molecule has 0 aromatic heterocycles. The SMILES string of the molecule is CCC=CCC=CCC=CCC=CCC=CCC=CCC(C)C(=O)O. The third kappa shape index (κ3) is 18.1. The zero-order chi connectivity index (χ0) is 18.6. The largest absolute Gasteiger partial charge is 0.481 e. The molecule has 0 bridgehead atoms. The minimum absolute atomic E-state index is 0.301. The number of aliphatic carboxylic acids is 1. The van der Waals surface area contributed by atoms with Crippen molar-refractivity contribution in [2.24, 2.45) is 5.92 Å². The third-order valence-corrected chi connectivity index (χ3v) is 3.51. The quantitative estimate of drug-likeness (QED) is 0.353. The van der Waals surface area contributed by atoms with Crippen LogP contribution in [0.15, 0.2) is 72.9 Å². The molecular weight excluding hydrogens is 308 g/mol. The zero-order valence-corrected chi connectivity index (χ0v) is 15.8. The van der Waals surface area contributed by atoms with Gasteiger partial charge in [-0.1, -0.05) is 86.8 Å². The van der Waals surface area contributed by atoms with Crippen molar-refractivity contribution < 1.29 is 9.90 Å². The van der Waals surface area contributed by atoms with Crippen LogP contribution in [0.3, 0.4) is 0 Å². The lowest BCUT2D eigenvalue weighted by Crippen LogP contribution is -2.07. The van der Waals surface area contributed by atoms with E-state index in [1.165, 1.54) is 0 Å². The Kier molecular flexibility index (Phi) is 16.7. The average molecular weight is 343 g/mol. The Morgan fingerprint density at radius 3 is 1.32 bits per heavy atom. The van der Waals surface area contributed by atoms with Gasteiger partial charge in [0, 0.05) is 0 Å². The van der Waals surface area contributed by atoms with Crippen molar-refractivity contribution in [2.45, 2.75) is 58.8 Å². The minimum Gasteiger partial charge on any atom is -0.481 e. The van der Waals surface area contributed by atoms with Gasteiger partial charge in [-0.3, -0.25) is 4.79 Å². The molecule has 0 fully saturated rings. The molecule has 0 aliphatic heterocycles. The lowest BCUT2D eigenvalue weighted by Gasteiger charge is -1.99. The highest BCUT2D eigenvalue weighted by Gasteiger charge is 2.06. The van der Waals surface area contributed by atoms with Crippen molar-refractivity contribution in [1.29, 1.82) is 0 Å². The normalized spacial score (nSPS) is 14.3. The maximum atomic E-state index is 10.6. The summed E-state index contributed by atoms with van der Waals surface area (Å²) in [5.74, 6) is -1.04. The van der Waals surface area contributed by atoms with Crippen molar-refractivity contribution in [3.05, 3.63) is 72.9 Å².